The topological polar surface area (TPSA) is 175 Å². The Hall–Kier alpha value is -6.32. The van der Waals surface area contributed by atoms with Crippen LogP contribution in [0.4, 0.5) is 18.4 Å². The van der Waals surface area contributed by atoms with Gasteiger partial charge in [0.1, 0.15) is 23.7 Å². The van der Waals surface area contributed by atoms with Crippen LogP contribution >= 0.6 is 0 Å². The number of likely N-dealkylation sites (tertiary alicyclic amines) is 2. The number of fused-ring (bicyclic) bond motifs is 6. The van der Waals surface area contributed by atoms with E-state index in [-0.39, 0.29) is 64.0 Å². The van der Waals surface area contributed by atoms with Gasteiger partial charge in [-0.2, -0.15) is 8.78 Å². The molecule has 2 aliphatic heterocycles. The monoisotopic (exact) mass is 904 g/mol. The zero-order valence-electron chi connectivity index (χ0n) is 50.1. The lowest BCUT2D eigenvalue weighted by Crippen LogP contribution is -2.54. The molecule has 1 spiro atoms. The van der Waals surface area contributed by atoms with Crippen molar-refractivity contribution >= 4 is 35.0 Å². The predicted octanol–water partition coefficient (Wildman–Crippen LogP) is 8.61. The first-order valence-electron chi connectivity index (χ1n) is 28.6. The number of methoxy groups -OCH3 is 2. The lowest BCUT2D eigenvalue weighted by atomic mass is 9.95. The largest absolute Gasteiger partial charge is 0.453 e. The van der Waals surface area contributed by atoms with Crippen LogP contribution in [-0.2, 0) is 25.0 Å². The Morgan fingerprint density at radius 2 is 1.52 bits per heavy atom. The summed E-state index contributed by atoms with van der Waals surface area (Å²) in [6, 6.07) is 4.69. The van der Waals surface area contributed by atoms with Crippen LogP contribution in [0.15, 0.2) is 60.8 Å². The second-order valence-electron chi connectivity index (χ2n) is 17.5. The summed E-state index contributed by atoms with van der Waals surface area (Å²) in [5, 5.41) is 3.71. The number of alkyl carbamates (subject to hydrolysis) is 2. The fourth-order valence-corrected chi connectivity index (χ4v) is 10.3. The SMILES string of the molecule is [2H]C([2H])([2H])C(C([2H])([2H])[2H])[C@@]([2H])(NC(=O)OC)C(=O)N1[C@@H]2CC[C@@H](C2)[C@H]1c1nc2ccc(-c3ccc4c(c3)C(F)(F)c3cc(-c5cnc([C@@H]6CC7(CC7)CN6C(=O)[C@]([2H])(NC(=O)OC)C([2H])(C([2H])([2H])[2H])C([2H])([2H])[2H])[nH]5)ccc3-4)cc2[nH]1. The zero-order chi connectivity index (χ0) is 58.5. The van der Waals surface area contributed by atoms with Gasteiger partial charge in [0.05, 0.1) is 52.0 Å². The Balaban J connectivity index is 0.923. The minimum atomic E-state index is -3.90. The Morgan fingerprint density at radius 1 is 0.846 bits per heavy atom. The van der Waals surface area contributed by atoms with Crippen molar-refractivity contribution in [2.75, 3.05) is 20.8 Å². The number of carbonyl (C=O) groups excluding carboxylic acids is 4. The molecule has 16 heteroatoms. The smallest absolute Gasteiger partial charge is 0.407 e. The molecule has 2 bridgehead atoms. The summed E-state index contributed by atoms with van der Waals surface area (Å²) < 4.78 is 167. The number of amides is 4. The number of piperidine rings is 1. The van der Waals surface area contributed by atoms with Crippen molar-refractivity contribution in [2.24, 2.45) is 23.1 Å². The third-order valence-corrected chi connectivity index (χ3v) is 13.7. The van der Waals surface area contributed by atoms with Gasteiger partial charge in [0, 0.05) is 47.1 Å². The van der Waals surface area contributed by atoms with E-state index in [1.54, 1.807) is 41.7 Å². The number of nitrogens with zero attached hydrogens (tertiary/aromatic N) is 4. The number of benzene rings is 3. The van der Waals surface area contributed by atoms with Crippen LogP contribution in [0.25, 0.3) is 44.5 Å². The van der Waals surface area contributed by atoms with E-state index in [2.05, 4.69) is 24.4 Å². The van der Waals surface area contributed by atoms with Crippen LogP contribution in [0.1, 0.15) is 121 Å². The number of ether oxygens (including phenoxy) is 2. The van der Waals surface area contributed by atoms with E-state index < -0.39 is 105 Å². The van der Waals surface area contributed by atoms with Gasteiger partial charge in [0.25, 0.3) is 5.92 Å². The summed E-state index contributed by atoms with van der Waals surface area (Å²) in [7, 11) is 1.78. The van der Waals surface area contributed by atoms with Crippen molar-refractivity contribution in [3.8, 4) is 33.5 Å². The molecule has 2 saturated carbocycles. The molecule has 5 aromatic rings. The van der Waals surface area contributed by atoms with Crippen LogP contribution in [0, 0.1) is 23.1 Å². The third-order valence-electron chi connectivity index (χ3n) is 13.7. The average Bonchev–Trinajstić information content (AvgIpc) is 3.74. The molecule has 4 heterocycles. The molecule has 0 radical (unpaired) electrons. The minimum absolute atomic E-state index is 0.0942. The van der Waals surface area contributed by atoms with Gasteiger partial charge in [-0.25, -0.2) is 19.6 Å². The molecule has 0 unspecified atom stereocenters. The number of halogens is 2. The van der Waals surface area contributed by atoms with Crippen molar-refractivity contribution in [3.63, 3.8) is 0 Å². The number of alkyl halides is 2. The maximum Gasteiger partial charge on any atom is 0.407 e. The molecule has 4 N–H and O–H groups in total. The molecular formula is C49H54F2N8O6. The molecule has 14 nitrogen and oxygen atoms in total. The average molecular weight is 904 g/mol. The summed E-state index contributed by atoms with van der Waals surface area (Å²) in [6.45, 7) is -14.6. The molecule has 340 valence electrons. The van der Waals surface area contributed by atoms with Gasteiger partial charge in [-0.3, -0.25) is 9.59 Å². The highest BCUT2D eigenvalue weighted by Crippen LogP contribution is 2.59. The van der Waals surface area contributed by atoms with Gasteiger partial charge in [-0.1, -0.05) is 57.7 Å². The number of rotatable bonds is 10. The Bertz CT molecular complexity index is 3330. The lowest BCUT2D eigenvalue weighted by Gasteiger charge is -2.37. The van der Waals surface area contributed by atoms with E-state index >= 15 is 8.78 Å². The van der Waals surface area contributed by atoms with Crippen LogP contribution in [0.2, 0.25) is 0 Å². The number of nitrogens with one attached hydrogen (secondary N) is 4. The van der Waals surface area contributed by atoms with E-state index in [1.165, 1.54) is 29.3 Å². The third kappa shape index (κ3) is 7.19. The fraction of sp³-hybridized carbons (Fsp3) is 0.469. The highest BCUT2D eigenvalue weighted by molar-refractivity contribution is 5.89. The van der Waals surface area contributed by atoms with Gasteiger partial charge >= 0.3 is 12.2 Å². The molecule has 4 amide bonds. The van der Waals surface area contributed by atoms with E-state index in [9.17, 15) is 20.5 Å². The van der Waals surface area contributed by atoms with Crippen molar-refractivity contribution in [1.82, 2.24) is 40.4 Å². The van der Waals surface area contributed by atoms with Gasteiger partial charge in [0.2, 0.25) is 11.8 Å². The molecule has 2 saturated heterocycles. The summed E-state index contributed by atoms with van der Waals surface area (Å²) in [5.41, 5.74) is 1.61. The van der Waals surface area contributed by atoms with E-state index in [0.29, 0.717) is 54.3 Å². The molecule has 5 aliphatic rings. The molecular weight excluding hydrogens is 835 g/mol. The first kappa shape index (κ1) is 28.6. The van der Waals surface area contributed by atoms with E-state index in [4.69, 9.17) is 24.2 Å². The summed E-state index contributed by atoms with van der Waals surface area (Å²) >= 11 is 0. The maximum absolute atomic E-state index is 16.9. The molecule has 3 aliphatic carbocycles. The van der Waals surface area contributed by atoms with Gasteiger partial charge in [-0.05, 0) is 108 Å². The van der Waals surface area contributed by atoms with Crippen LogP contribution < -0.4 is 10.6 Å². The van der Waals surface area contributed by atoms with Crippen molar-refractivity contribution in [1.29, 1.82) is 0 Å². The quantitative estimate of drug-likeness (QED) is 0.108. The molecule has 6 atom stereocenters. The normalized spacial score (nSPS) is 28.2. The molecule has 65 heavy (non-hydrogen) atoms. The number of aromatic nitrogens is 4. The first-order chi connectivity index (χ1) is 37.0. The zero-order valence-corrected chi connectivity index (χ0v) is 35.1. The van der Waals surface area contributed by atoms with Crippen molar-refractivity contribution in [2.45, 2.75) is 102 Å². The second kappa shape index (κ2) is 15.7. The van der Waals surface area contributed by atoms with Gasteiger partial charge in [0.15, 0.2) is 0 Å². The number of carbonyl (C=O) groups is 4. The fourth-order valence-electron chi connectivity index (χ4n) is 10.3. The van der Waals surface area contributed by atoms with Crippen LogP contribution in [0.3, 0.4) is 0 Å². The Labute approximate surface area is 396 Å². The standard InChI is InChI=1S/C49H54F2N8O6/c1-24(2)39(56-46(62)64-5)44(60)58-23-48(15-16-48)21-38(58)42-52-22-37(55-42)28-9-13-32-31-12-8-26(18-33(31)49(50,51)34(32)19-28)27-10-14-35-36(20-27)54-43(53-35)41-29-7-11-30(17-29)59(41)45(61)40(25(3)4)57-47(63)65-6/h8-10,12-14,18-20,22,24-25,29-30,38-41H,7,11,15-17,21,23H2,1-6H3,(H,52,55)(H,53,54)(H,56,62)(H,57,63)/t29-,30+,38-,39+,40+,41-/m0/s1/i1D3,2D3,3D3,4D3,24D,39D,40D. The Kier molecular flexibility index (Phi) is 6.89. The lowest BCUT2D eigenvalue weighted by molar-refractivity contribution is -0.139. The van der Waals surface area contributed by atoms with Crippen LogP contribution in [-0.4, -0.2) is 92.6 Å². The molecule has 3 aromatic carbocycles. The van der Waals surface area contributed by atoms with E-state index in [0.717, 1.165) is 19.1 Å². The summed E-state index contributed by atoms with van der Waals surface area (Å²) in [5.74, 6) is -12.8. The second-order valence-corrected chi connectivity index (χ2v) is 17.5. The highest BCUT2D eigenvalue weighted by atomic mass is 19.3. The predicted molar refractivity (Wildman–Crippen MR) is 237 cm³/mol. The van der Waals surface area contributed by atoms with Gasteiger partial charge < -0.3 is 39.9 Å². The Morgan fingerprint density at radius 3 is 2.22 bits per heavy atom. The molecule has 4 fully saturated rings. The minimum Gasteiger partial charge on any atom is -0.453 e. The number of imidazole rings is 2. The number of aromatic amines is 2. The van der Waals surface area contributed by atoms with Crippen molar-refractivity contribution in [3.05, 3.63) is 83.6 Å². The van der Waals surface area contributed by atoms with Crippen molar-refractivity contribution < 1.29 is 58.0 Å². The summed E-state index contributed by atoms with van der Waals surface area (Å²) in [4.78, 5) is 72.3. The number of H-pyrrole nitrogens is 2. The number of hydrogen-bond donors (Lipinski definition) is 4. The highest BCUT2D eigenvalue weighted by Gasteiger charge is 2.56. The maximum atomic E-state index is 16.9. The molecule has 10 rings (SSSR count). The molecule has 2 aromatic heterocycles. The van der Waals surface area contributed by atoms with Gasteiger partial charge in [-0.15, -0.1) is 0 Å². The summed E-state index contributed by atoms with van der Waals surface area (Å²) in [6.07, 6.45) is 1.38. The van der Waals surface area contributed by atoms with Crippen LogP contribution in [0.5, 0.6) is 0 Å². The van der Waals surface area contributed by atoms with E-state index in [1.807, 2.05) is 5.32 Å². The number of hydrogen-bond acceptors (Lipinski definition) is 8. The first-order valence-corrected chi connectivity index (χ1v) is 21.1.